The normalized spacial score (nSPS) is 18.5. The molecule has 3 amide bonds. The third-order valence-corrected chi connectivity index (χ3v) is 4.60. The van der Waals surface area contributed by atoms with E-state index in [1.165, 1.54) is 12.0 Å². The van der Waals surface area contributed by atoms with Gasteiger partial charge in [0.05, 0.1) is 24.4 Å². The zero-order valence-electron chi connectivity index (χ0n) is 15.8. The first-order valence-corrected chi connectivity index (χ1v) is 8.93. The monoisotopic (exact) mass is 389 g/mol. The van der Waals surface area contributed by atoms with Gasteiger partial charge < -0.3 is 24.8 Å². The third-order valence-electron chi connectivity index (χ3n) is 4.60. The second-order valence-electron chi connectivity index (χ2n) is 6.34. The lowest BCUT2D eigenvalue weighted by atomic mass is 9.95. The molecule has 0 saturated carbocycles. The van der Waals surface area contributed by atoms with Gasteiger partial charge in [-0.15, -0.1) is 0 Å². The maximum atomic E-state index is 12.7. The second-order valence-corrected chi connectivity index (χ2v) is 6.34. The number of urea groups is 1. The molecule has 2 N–H and O–H groups in total. The fraction of sp³-hybridized carbons (Fsp3) is 0.421. The summed E-state index contributed by atoms with van der Waals surface area (Å²) in [6, 6.07) is 5.95. The first-order valence-electron chi connectivity index (χ1n) is 8.93. The van der Waals surface area contributed by atoms with Crippen LogP contribution in [0.2, 0.25) is 0 Å². The molecular weight excluding hydrogens is 366 g/mol. The number of nitrogens with one attached hydrogen (secondary N) is 2. The summed E-state index contributed by atoms with van der Waals surface area (Å²) >= 11 is 0. The summed E-state index contributed by atoms with van der Waals surface area (Å²) < 4.78 is 15.5. The van der Waals surface area contributed by atoms with E-state index >= 15 is 0 Å². The Morgan fingerprint density at radius 1 is 1.32 bits per heavy atom. The Bertz CT molecular complexity index is 807. The van der Waals surface area contributed by atoms with E-state index in [9.17, 15) is 14.4 Å². The van der Waals surface area contributed by atoms with Gasteiger partial charge >= 0.3 is 12.0 Å². The molecule has 0 aromatic heterocycles. The smallest absolute Gasteiger partial charge is 0.338 e. The molecule has 0 saturated heterocycles. The van der Waals surface area contributed by atoms with Gasteiger partial charge in [-0.3, -0.25) is 9.69 Å². The lowest BCUT2D eigenvalue weighted by Crippen LogP contribution is -2.50. The van der Waals surface area contributed by atoms with Gasteiger partial charge in [0.2, 0.25) is 5.91 Å². The molecule has 0 bridgehead atoms. The summed E-state index contributed by atoms with van der Waals surface area (Å²) in [5.41, 5.74) is 1.36. The molecule has 150 valence electrons. The highest BCUT2D eigenvalue weighted by molar-refractivity contribution is 5.98. The fourth-order valence-electron chi connectivity index (χ4n) is 3.26. The predicted octanol–water partition coefficient (Wildman–Crippen LogP) is 0.725. The van der Waals surface area contributed by atoms with Gasteiger partial charge in [0.1, 0.15) is 18.9 Å². The number of para-hydroxylation sites is 1. The molecule has 3 rings (SSSR count). The van der Waals surface area contributed by atoms with E-state index in [0.717, 1.165) is 0 Å². The standard InChI is InChI=1S/C19H23N3O6/c1-26-9-5-8-20-15(23)10-22-13-11-28-18(24)16(13)17(21-19(22)25)12-6-3-4-7-14(12)27-2/h3-4,6-7,17H,5,8-11H2,1-2H3,(H,20,23)(H,21,25)/t17-/m0/s1. The van der Waals surface area contributed by atoms with Crippen LogP contribution >= 0.6 is 0 Å². The number of hydrogen-bond acceptors (Lipinski definition) is 6. The van der Waals surface area contributed by atoms with Crippen molar-refractivity contribution < 1.29 is 28.6 Å². The van der Waals surface area contributed by atoms with E-state index in [1.807, 2.05) is 0 Å². The van der Waals surface area contributed by atoms with Crippen LogP contribution < -0.4 is 15.4 Å². The average Bonchev–Trinajstić information content (AvgIpc) is 3.09. The van der Waals surface area contributed by atoms with Crippen molar-refractivity contribution in [2.45, 2.75) is 12.5 Å². The van der Waals surface area contributed by atoms with Crippen LogP contribution in [0, 0.1) is 0 Å². The van der Waals surface area contributed by atoms with Gasteiger partial charge in [-0.2, -0.15) is 0 Å². The zero-order valence-corrected chi connectivity index (χ0v) is 15.8. The topological polar surface area (TPSA) is 106 Å². The summed E-state index contributed by atoms with van der Waals surface area (Å²) in [6.45, 7) is 0.715. The van der Waals surface area contributed by atoms with Crippen LogP contribution in [0.4, 0.5) is 4.79 Å². The molecule has 1 atom stereocenters. The molecule has 9 nitrogen and oxygen atoms in total. The van der Waals surface area contributed by atoms with E-state index in [1.54, 1.807) is 31.4 Å². The highest BCUT2D eigenvalue weighted by Crippen LogP contribution is 2.38. The van der Waals surface area contributed by atoms with Crippen molar-refractivity contribution in [1.29, 1.82) is 0 Å². The molecule has 0 fully saturated rings. The molecule has 1 aromatic carbocycles. The Kier molecular flexibility index (Phi) is 6.15. The maximum Gasteiger partial charge on any atom is 0.338 e. The van der Waals surface area contributed by atoms with Gasteiger partial charge in [-0.05, 0) is 12.5 Å². The van der Waals surface area contributed by atoms with Crippen LogP contribution in [-0.4, -0.2) is 63.3 Å². The van der Waals surface area contributed by atoms with Gasteiger partial charge in [-0.25, -0.2) is 9.59 Å². The van der Waals surface area contributed by atoms with E-state index in [2.05, 4.69) is 10.6 Å². The Balaban J connectivity index is 1.83. The van der Waals surface area contributed by atoms with E-state index < -0.39 is 18.0 Å². The van der Waals surface area contributed by atoms with Crippen LogP contribution in [-0.2, 0) is 19.1 Å². The number of carbonyl (C=O) groups is 3. The summed E-state index contributed by atoms with van der Waals surface area (Å²) in [5.74, 6) is -0.298. The Morgan fingerprint density at radius 3 is 2.86 bits per heavy atom. The van der Waals surface area contributed by atoms with Crippen molar-refractivity contribution in [3.63, 3.8) is 0 Å². The first-order chi connectivity index (χ1) is 13.6. The lowest BCUT2D eigenvalue weighted by molar-refractivity contribution is -0.136. The molecule has 2 heterocycles. The quantitative estimate of drug-likeness (QED) is 0.501. The third kappa shape index (κ3) is 3.94. The minimum absolute atomic E-state index is 0.0514. The van der Waals surface area contributed by atoms with E-state index in [0.29, 0.717) is 42.2 Å². The van der Waals surface area contributed by atoms with Gasteiger partial charge in [0.15, 0.2) is 0 Å². The molecule has 2 aliphatic heterocycles. The van der Waals surface area contributed by atoms with Crippen LogP contribution in [0.25, 0.3) is 0 Å². The van der Waals surface area contributed by atoms with Gasteiger partial charge in [0, 0.05) is 25.8 Å². The van der Waals surface area contributed by atoms with Crippen LogP contribution in [0.15, 0.2) is 35.5 Å². The average molecular weight is 389 g/mol. The summed E-state index contributed by atoms with van der Waals surface area (Å²) in [6.07, 6.45) is 0.667. The Morgan fingerprint density at radius 2 is 2.11 bits per heavy atom. The van der Waals surface area contributed by atoms with Crippen molar-refractivity contribution in [3.05, 3.63) is 41.1 Å². The summed E-state index contributed by atoms with van der Waals surface area (Å²) in [7, 11) is 3.11. The molecule has 1 aromatic rings. The second kappa shape index (κ2) is 8.75. The van der Waals surface area contributed by atoms with Crippen molar-refractivity contribution in [2.75, 3.05) is 40.5 Å². The van der Waals surface area contributed by atoms with Crippen LogP contribution in [0.1, 0.15) is 18.0 Å². The molecule has 0 aliphatic carbocycles. The maximum absolute atomic E-state index is 12.7. The van der Waals surface area contributed by atoms with Crippen LogP contribution in [0.3, 0.4) is 0 Å². The Labute approximate surface area is 162 Å². The van der Waals surface area contributed by atoms with Crippen molar-refractivity contribution >= 4 is 17.9 Å². The number of cyclic esters (lactones) is 1. The number of methoxy groups -OCH3 is 2. The predicted molar refractivity (Wildman–Crippen MR) is 98.5 cm³/mol. The number of ether oxygens (including phenoxy) is 3. The minimum atomic E-state index is -0.699. The van der Waals surface area contributed by atoms with Crippen LogP contribution in [0.5, 0.6) is 5.75 Å². The Hall–Kier alpha value is -3.07. The molecule has 0 unspecified atom stereocenters. The molecular formula is C19H23N3O6. The molecule has 0 spiro atoms. The van der Waals surface area contributed by atoms with Gasteiger partial charge in [0.25, 0.3) is 0 Å². The van der Waals surface area contributed by atoms with Crippen molar-refractivity contribution in [3.8, 4) is 5.75 Å². The molecule has 0 radical (unpaired) electrons. The highest BCUT2D eigenvalue weighted by atomic mass is 16.5. The number of amides is 3. The number of benzene rings is 1. The first kappa shape index (κ1) is 19.7. The molecule has 28 heavy (non-hydrogen) atoms. The zero-order chi connectivity index (χ0) is 20.1. The minimum Gasteiger partial charge on any atom is -0.496 e. The largest absolute Gasteiger partial charge is 0.496 e. The summed E-state index contributed by atoms with van der Waals surface area (Å²) in [4.78, 5) is 38.5. The van der Waals surface area contributed by atoms with E-state index in [-0.39, 0.29) is 19.1 Å². The number of hydrogen-bond donors (Lipinski definition) is 2. The summed E-state index contributed by atoms with van der Waals surface area (Å²) in [5, 5.41) is 5.52. The van der Waals surface area contributed by atoms with Crippen molar-refractivity contribution in [1.82, 2.24) is 15.5 Å². The van der Waals surface area contributed by atoms with E-state index in [4.69, 9.17) is 14.2 Å². The van der Waals surface area contributed by atoms with Gasteiger partial charge in [-0.1, -0.05) is 18.2 Å². The number of nitrogens with zero attached hydrogens (tertiary/aromatic N) is 1. The molecule has 2 aliphatic rings. The van der Waals surface area contributed by atoms with Crippen molar-refractivity contribution in [2.24, 2.45) is 0 Å². The number of rotatable bonds is 8. The SMILES string of the molecule is COCCCNC(=O)CN1C(=O)N[C@@H](c2ccccc2OC)C2=C1COC2=O. The molecule has 9 heteroatoms. The number of carbonyl (C=O) groups excluding carboxylic acids is 3. The number of esters is 1. The fourth-order valence-corrected chi connectivity index (χ4v) is 3.26. The lowest BCUT2D eigenvalue weighted by Gasteiger charge is -2.32. The highest BCUT2D eigenvalue weighted by Gasteiger charge is 2.43.